The van der Waals surface area contributed by atoms with Gasteiger partial charge < -0.3 is 19.9 Å². The van der Waals surface area contributed by atoms with E-state index < -0.39 is 5.82 Å². The van der Waals surface area contributed by atoms with Gasteiger partial charge in [0.15, 0.2) is 17.3 Å². The van der Waals surface area contributed by atoms with Crippen molar-refractivity contribution in [1.29, 1.82) is 0 Å². The lowest BCUT2D eigenvalue weighted by Crippen LogP contribution is -2.48. The third-order valence-electron chi connectivity index (χ3n) is 7.53. The van der Waals surface area contributed by atoms with Gasteiger partial charge in [0.2, 0.25) is 5.91 Å². The van der Waals surface area contributed by atoms with E-state index in [1.165, 1.54) is 18.7 Å². The Balaban J connectivity index is 1.15. The number of nitrogens with zero attached hydrogens (tertiary/aromatic N) is 8. The Morgan fingerprint density at radius 1 is 1.12 bits per heavy atom. The Labute approximate surface area is 228 Å². The molecule has 1 N–H and O–H groups in total. The molecule has 0 spiro atoms. The first kappa shape index (κ1) is 23.9. The van der Waals surface area contributed by atoms with Crippen LogP contribution in [0.2, 0.25) is 0 Å². The molecule has 2 atom stereocenters. The molecule has 7 rings (SSSR count). The van der Waals surface area contributed by atoms with Crippen molar-refractivity contribution in [3.05, 3.63) is 79.3 Å². The minimum absolute atomic E-state index is 0.0383. The van der Waals surface area contributed by atoms with Crippen LogP contribution < -0.4 is 15.0 Å². The van der Waals surface area contributed by atoms with Crippen molar-refractivity contribution in [2.24, 2.45) is 0 Å². The van der Waals surface area contributed by atoms with E-state index in [-0.39, 0.29) is 23.7 Å². The quantitative estimate of drug-likeness (QED) is 0.321. The molecule has 40 heavy (non-hydrogen) atoms. The van der Waals surface area contributed by atoms with E-state index in [0.717, 1.165) is 12.2 Å². The van der Waals surface area contributed by atoms with Gasteiger partial charge in [-0.25, -0.2) is 28.8 Å². The van der Waals surface area contributed by atoms with E-state index in [1.54, 1.807) is 41.9 Å². The van der Waals surface area contributed by atoms with Crippen LogP contribution in [-0.4, -0.2) is 65.5 Å². The zero-order valence-corrected chi connectivity index (χ0v) is 21.5. The topological polar surface area (TPSA) is 114 Å². The van der Waals surface area contributed by atoms with Crippen LogP contribution in [0, 0.1) is 12.7 Å². The number of likely N-dealkylation sites (tertiary alicyclic amines) is 1. The van der Waals surface area contributed by atoms with Gasteiger partial charge in [0.25, 0.3) is 0 Å². The minimum atomic E-state index is -0.465. The number of nitrogens with one attached hydrogen (secondary N) is 1. The fourth-order valence-electron chi connectivity index (χ4n) is 5.51. The summed E-state index contributed by atoms with van der Waals surface area (Å²) in [6, 6.07) is 10.9. The second kappa shape index (κ2) is 9.26. The summed E-state index contributed by atoms with van der Waals surface area (Å²) in [7, 11) is 0. The van der Waals surface area contributed by atoms with Crippen molar-refractivity contribution < 1.29 is 13.9 Å². The summed E-state index contributed by atoms with van der Waals surface area (Å²) in [6.07, 6.45) is 6.86. The van der Waals surface area contributed by atoms with Gasteiger partial charge in [-0.2, -0.15) is 5.10 Å². The number of rotatable bonds is 6. The first-order valence-electron chi connectivity index (χ1n) is 12.8. The summed E-state index contributed by atoms with van der Waals surface area (Å²) >= 11 is 0. The number of pyridine rings is 2. The fraction of sp³-hybridized carbons (Fsp3) is 0.214. The Kier molecular flexibility index (Phi) is 5.54. The molecule has 2 fully saturated rings. The normalized spacial score (nSPS) is 18.1. The Morgan fingerprint density at radius 3 is 2.85 bits per heavy atom. The highest BCUT2D eigenvalue weighted by molar-refractivity contribution is 5.89. The number of hydrogen-bond donors (Lipinski definition) is 1. The molecule has 1 aromatic carbocycles. The average Bonchev–Trinajstić information content (AvgIpc) is 3.72. The lowest BCUT2D eigenvalue weighted by Gasteiger charge is -2.34. The molecule has 1 amide bonds. The molecule has 5 aromatic rings. The van der Waals surface area contributed by atoms with Crippen LogP contribution in [0.3, 0.4) is 0 Å². The van der Waals surface area contributed by atoms with Crippen molar-refractivity contribution >= 4 is 39.9 Å². The van der Waals surface area contributed by atoms with Gasteiger partial charge in [0, 0.05) is 30.9 Å². The van der Waals surface area contributed by atoms with E-state index in [4.69, 9.17) is 9.72 Å². The summed E-state index contributed by atoms with van der Waals surface area (Å²) in [4.78, 5) is 34.0. The number of benzene rings is 1. The molecule has 2 aliphatic rings. The van der Waals surface area contributed by atoms with Crippen molar-refractivity contribution in [2.45, 2.75) is 25.4 Å². The number of halogens is 1. The number of hydrogen-bond acceptors (Lipinski definition) is 9. The summed E-state index contributed by atoms with van der Waals surface area (Å²) < 4.78 is 23.1. The number of aromatic nitrogens is 6. The zero-order valence-electron chi connectivity index (χ0n) is 21.5. The highest BCUT2D eigenvalue weighted by Crippen LogP contribution is 2.36. The van der Waals surface area contributed by atoms with E-state index in [2.05, 4.69) is 36.8 Å². The number of fused-ring (bicyclic) bond motifs is 4. The number of piperazine rings is 1. The smallest absolute Gasteiger partial charge is 0.246 e. The van der Waals surface area contributed by atoms with Crippen molar-refractivity contribution in [3.63, 3.8) is 0 Å². The van der Waals surface area contributed by atoms with E-state index in [0.29, 0.717) is 52.7 Å². The van der Waals surface area contributed by atoms with Crippen molar-refractivity contribution in [3.8, 4) is 11.5 Å². The predicted molar refractivity (Wildman–Crippen MR) is 146 cm³/mol. The largest absolute Gasteiger partial charge is 0.457 e. The molecular weight excluding hydrogens is 513 g/mol. The maximum absolute atomic E-state index is 15.5. The molecular formula is C28H24FN9O2. The van der Waals surface area contributed by atoms with Gasteiger partial charge in [0.1, 0.15) is 35.5 Å². The molecule has 0 saturated carbocycles. The Morgan fingerprint density at radius 2 is 2.02 bits per heavy atom. The molecule has 2 aliphatic heterocycles. The monoisotopic (exact) mass is 537 g/mol. The fourth-order valence-corrected chi connectivity index (χ4v) is 5.51. The third kappa shape index (κ3) is 3.96. The van der Waals surface area contributed by atoms with E-state index in [9.17, 15) is 4.79 Å². The molecule has 2 bridgehead atoms. The van der Waals surface area contributed by atoms with Crippen LogP contribution in [0.15, 0.2) is 67.9 Å². The van der Waals surface area contributed by atoms with Gasteiger partial charge >= 0.3 is 0 Å². The number of carbonyl (C=O) groups is 1. The van der Waals surface area contributed by atoms with E-state index in [1.807, 2.05) is 17.0 Å². The number of carbonyl (C=O) groups excluding carboxylic acids is 1. The van der Waals surface area contributed by atoms with Gasteiger partial charge in [-0.15, -0.1) is 0 Å². The van der Waals surface area contributed by atoms with Gasteiger partial charge in [0.05, 0.1) is 23.3 Å². The number of amides is 1. The summed E-state index contributed by atoms with van der Waals surface area (Å²) in [5, 5.41) is 7.17. The molecule has 2 saturated heterocycles. The summed E-state index contributed by atoms with van der Waals surface area (Å²) in [6.45, 7) is 6.60. The highest BCUT2D eigenvalue weighted by Gasteiger charge is 2.45. The number of anilines is 3. The van der Waals surface area contributed by atoms with Crippen molar-refractivity contribution in [2.75, 3.05) is 23.3 Å². The molecule has 11 nitrogen and oxygen atoms in total. The maximum Gasteiger partial charge on any atom is 0.246 e. The van der Waals surface area contributed by atoms with Crippen LogP contribution in [0.25, 0.3) is 16.7 Å². The van der Waals surface area contributed by atoms with Crippen molar-refractivity contribution in [1.82, 2.24) is 34.4 Å². The third-order valence-corrected chi connectivity index (χ3v) is 7.53. The lowest BCUT2D eigenvalue weighted by molar-refractivity contribution is -0.127. The highest BCUT2D eigenvalue weighted by atomic mass is 19.1. The van der Waals surface area contributed by atoms with Gasteiger partial charge in [-0.3, -0.25) is 4.79 Å². The molecule has 200 valence electrons. The summed E-state index contributed by atoms with van der Waals surface area (Å²) in [5.41, 5.74) is 2.37. The lowest BCUT2D eigenvalue weighted by atomic mass is 10.1. The van der Waals surface area contributed by atoms with Crippen LogP contribution in [0.4, 0.5) is 21.7 Å². The first-order chi connectivity index (χ1) is 19.5. The first-order valence-corrected chi connectivity index (χ1v) is 12.8. The van der Waals surface area contributed by atoms with Gasteiger partial charge in [-0.1, -0.05) is 6.58 Å². The van der Waals surface area contributed by atoms with E-state index >= 15 is 4.39 Å². The average molecular weight is 538 g/mol. The molecule has 6 heterocycles. The van der Waals surface area contributed by atoms with Crippen LogP contribution >= 0.6 is 0 Å². The molecule has 0 unspecified atom stereocenters. The molecule has 4 aromatic heterocycles. The maximum atomic E-state index is 15.5. The second-order valence-electron chi connectivity index (χ2n) is 9.85. The zero-order chi connectivity index (χ0) is 27.4. The van der Waals surface area contributed by atoms with Crippen LogP contribution in [0.1, 0.15) is 12.0 Å². The van der Waals surface area contributed by atoms with Crippen LogP contribution in [-0.2, 0) is 4.79 Å². The SMILES string of the molecule is C=CC(=O)N1C[C@@H]2C[C@H]1CN2c1ccc2ncnc(Nc3ccc(Oc4ccn5ncnc5c4)c(C)c3F)c2n1. The second-order valence-corrected chi connectivity index (χ2v) is 9.85. The Bertz CT molecular complexity index is 1810. The molecule has 0 radical (unpaired) electrons. The predicted octanol–water partition coefficient (Wildman–Crippen LogP) is 4.03. The van der Waals surface area contributed by atoms with Gasteiger partial charge in [-0.05, 0) is 49.8 Å². The minimum Gasteiger partial charge on any atom is -0.457 e. The van der Waals surface area contributed by atoms with Crippen LogP contribution in [0.5, 0.6) is 11.5 Å². The number of ether oxygens (including phenoxy) is 1. The molecule has 0 aliphatic carbocycles. The Hall–Kier alpha value is -5.13. The standard InChI is InChI=1S/C28H24FN9O2/c1-3-25(39)37-13-17-10-18(37)12-36(17)23-7-5-21-27(35-23)28(32-14-30-21)34-20-4-6-22(16(2)26(20)29)40-19-8-9-38-24(11-19)31-15-33-38/h3-9,11,14-15,17-18H,1,10,12-13H2,2H3,(H,30,32,34)/t17-,18-/m0/s1. The molecule has 12 heteroatoms. The summed E-state index contributed by atoms with van der Waals surface area (Å²) in [5.74, 6) is 1.57.